The first kappa shape index (κ1) is 33.8. The van der Waals surface area contributed by atoms with Crippen molar-refractivity contribution in [1.82, 2.24) is 10.6 Å². The van der Waals surface area contributed by atoms with Crippen molar-refractivity contribution in [2.75, 3.05) is 43.8 Å². The number of aryl methyl sites for hydroxylation is 1. The van der Waals surface area contributed by atoms with Crippen LogP contribution in [-0.2, 0) is 20.3 Å². The maximum atomic E-state index is 12.9. The molecule has 0 aromatic heterocycles. The number of carbonyl (C=O) groups excluding carboxylic acids is 1. The van der Waals surface area contributed by atoms with E-state index in [1.54, 1.807) is 12.1 Å². The van der Waals surface area contributed by atoms with Gasteiger partial charge in [0.15, 0.2) is 0 Å². The number of amides is 1. The van der Waals surface area contributed by atoms with E-state index in [4.69, 9.17) is 28.0 Å². The number of nitrogens with zero attached hydrogens (tertiary/aromatic N) is 2. The van der Waals surface area contributed by atoms with Crippen LogP contribution in [-0.4, -0.2) is 59.6 Å². The van der Waals surface area contributed by atoms with Crippen LogP contribution in [0.5, 0.6) is 0 Å². The second-order valence-electron chi connectivity index (χ2n) is 11.3. The van der Waals surface area contributed by atoms with Gasteiger partial charge < -0.3 is 15.5 Å². The van der Waals surface area contributed by atoms with Crippen LogP contribution in [0.15, 0.2) is 71.9 Å². The van der Waals surface area contributed by atoms with Crippen molar-refractivity contribution in [3.8, 4) is 0 Å². The van der Waals surface area contributed by atoms with E-state index in [1.807, 2.05) is 61.5 Å². The molecule has 8 nitrogen and oxygen atoms in total. The minimum atomic E-state index is -3.39. The Hall–Kier alpha value is -3.11. The molecule has 0 saturated heterocycles. The predicted octanol–water partition coefficient (Wildman–Crippen LogP) is 6.32. The van der Waals surface area contributed by atoms with Crippen molar-refractivity contribution in [3.63, 3.8) is 0 Å². The molecular formula is C33H40Cl2N4O4S. The first-order valence-corrected chi connectivity index (χ1v) is 17.3. The minimum absolute atomic E-state index is 0.183. The molecule has 1 aliphatic heterocycles. The number of benzene rings is 3. The lowest BCUT2D eigenvalue weighted by Crippen LogP contribution is -2.38. The van der Waals surface area contributed by atoms with E-state index in [9.17, 15) is 13.2 Å². The number of halogens is 2. The largest absolute Gasteiger partial charge is 0.399 e. The third-order valence-electron chi connectivity index (χ3n) is 8.32. The van der Waals surface area contributed by atoms with Crippen LogP contribution in [0.1, 0.15) is 59.2 Å². The summed E-state index contributed by atoms with van der Waals surface area (Å²) in [5.41, 5.74) is 4.68. The number of sulfonamides is 1. The van der Waals surface area contributed by atoms with Gasteiger partial charge >= 0.3 is 0 Å². The van der Waals surface area contributed by atoms with Gasteiger partial charge in [0.1, 0.15) is 7.11 Å². The zero-order valence-corrected chi connectivity index (χ0v) is 27.9. The average Bonchev–Trinajstić information content (AvgIpc) is 3.34. The van der Waals surface area contributed by atoms with E-state index in [-0.39, 0.29) is 23.8 Å². The average molecular weight is 660 g/mol. The van der Waals surface area contributed by atoms with Crippen LogP contribution >= 0.6 is 23.2 Å². The Morgan fingerprint density at radius 3 is 2.52 bits per heavy atom. The van der Waals surface area contributed by atoms with Gasteiger partial charge in [-0.2, -0.15) is 0 Å². The second-order valence-corrected chi connectivity index (χ2v) is 14.0. The Bertz CT molecular complexity index is 1610. The summed E-state index contributed by atoms with van der Waals surface area (Å²) in [7, 11) is -1.91. The number of hydrogen-bond acceptors (Lipinski definition) is 6. The number of oxime groups is 1. The monoisotopic (exact) mass is 658 g/mol. The number of hydrogen-bond donors (Lipinski definition) is 2. The van der Waals surface area contributed by atoms with Gasteiger partial charge in [0.2, 0.25) is 10.0 Å². The molecule has 2 atom stereocenters. The lowest BCUT2D eigenvalue weighted by molar-refractivity contribution is 0.0958. The zero-order chi connectivity index (χ0) is 31.9. The van der Waals surface area contributed by atoms with Crippen LogP contribution in [0.4, 0.5) is 5.69 Å². The van der Waals surface area contributed by atoms with Crippen molar-refractivity contribution in [1.29, 1.82) is 0 Å². The Morgan fingerprint density at radius 2 is 1.84 bits per heavy atom. The molecule has 236 valence electrons. The van der Waals surface area contributed by atoms with E-state index in [0.29, 0.717) is 47.4 Å². The maximum Gasteiger partial charge on any atom is 0.251 e. The third kappa shape index (κ3) is 7.93. The topological polar surface area (TPSA) is 100 Å². The van der Waals surface area contributed by atoms with Crippen LogP contribution in [0.3, 0.4) is 0 Å². The minimum Gasteiger partial charge on any atom is -0.399 e. The van der Waals surface area contributed by atoms with E-state index in [1.165, 1.54) is 17.7 Å². The molecule has 4 rings (SSSR count). The Balaban J connectivity index is 1.47. The van der Waals surface area contributed by atoms with Gasteiger partial charge in [-0.25, -0.2) is 8.42 Å². The second kappa shape index (κ2) is 14.8. The van der Waals surface area contributed by atoms with Crippen LogP contribution < -0.4 is 14.9 Å². The summed E-state index contributed by atoms with van der Waals surface area (Å²) in [6, 6.07) is 20.7. The fraction of sp³-hybridized carbons (Fsp3) is 0.394. The van der Waals surface area contributed by atoms with Crippen LogP contribution in [0.25, 0.3) is 0 Å². The highest BCUT2D eigenvalue weighted by Gasteiger charge is 2.43. The van der Waals surface area contributed by atoms with Crippen molar-refractivity contribution in [2.24, 2.45) is 5.16 Å². The number of fused-ring (bicyclic) bond motifs is 1. The summed E-state index contributed by atoms with van der Waals surface area (Å²) >= 11 is 12.6. The maximum absolute atomic E-state index is 12.9. The number of nitrogens with one attached hydrogen (secondary N) is 2. The molecule has 44 heavy (non-hydrogen) atoms. The Labute approximate surface area is 270 Å². The normalized spacial score (nSPS) is 17.3. The lowest BCUT2D eigenvalue weighted by Gasteiger charge is -2.29. The molecule has 0 aliphatic carbocycles. The molecule has 11 heteroatoms. The van der Waals surface area contributed by atoms with Gasteiger partial charge in [-0.3, -0.25) is 9.10 Å². The van der Waals surface area contributed by atoms with Crippen molar-refractivity contribution >= 4 is 50.5 Å². The van der Waals surface area contributed by atoms with Gasteiger partial charge in [0.25, 0.3) is 5.91 Å². The molecule has 0 bridgehead atoms. The summed E-state index contributed by atoms with van der Waals surface area (Å²) < 4.78 is 26.7. The fourth-order valence-corrected chi connectivity index (χ4v) is 7.23. The highest BCUT2D eigenvalue weighted by molar-refractivity contribution is 7.92. The number of rotatable bonds is 14. The summed E-state index contributed by atoms with van der Waals surface area (Å²) in [6.45, 7) is 5.99. The molecule has 3 aromatic carbocycles. The Morgan fingerprint density at radius 1 is 1.07 bits per heavy atom. The molecule has 0 spiro atoms. The number of anilines is 1. The van der Waals surface area contributed by atoms with E-state index in [0.717, 1.165) is 35.2 Å². The van der Waals surface area contributed by atoms with E-state index in [2.05, 4.69) is 22.7 Å². The summed E-state index contributed by atoms with van der Waals surface area (Å²) in [6.07, 6.45) is 3.50. The van der Waals surface area contributed by atoms with Crippen molar-refractivity contribution < 1.29 is 18.0 Å². The van der Waals surface area contributed by atoms with Gasteiger partial charge in [-0.05, 0) is 80.7 Å². The van der Waals surface area contributed by atoms with Gasteiger partial charge in [0, 0.05) is 23.4 Å². The Kier molecular flexibility index (Phi) is 11.3. The predicted molar refractivity (Wildman–Crippen MR) is 180 cm³/mol. The summed E-state index contributed by atoms with van der Waals surface area (Å²) in [5.74, 6) is -0.420. The van der Waals surface area contributed by atoms with Gasteiger partial charge in [0.05, 0.1) is 34.2 Å². The molecule has 2 N–H and O–H groups in total. The van der Waals surface area contributed by atoms with Gasteiger partial charge in [-0.1, -0.05) is 77.2 Å². The van der Waals surface area contributed by atoms with Gasteiger partial charge in [-0.15, -0.1) is 0 Å². The lowest BCUT2D eigenvalue weighted by atomic mass is 9.77. The number of para-hydroxylation sites is 1. The summed E-state index contributed by atoms with van der Waals surface area (Å²) in [4.78, 5) is 18.1. The fourth-order valence-electron chi connectivity index (χ4n) is 5.92. The molecule has 0 saturated carbocycles. The van der Waals surface area contributed by atoms with Crippen LogP contribution in [0, 0.1) is 6.92 Å². The third-order valence-corrected chi connectivity index (χ3v) is 10.2. The molecular weight excluding hydrogens is 619 g/mol. The van der Waals surface area contributed by atoms with Crippen molar-refractivity contribution in [3.05, 3.63) is 99.0 Å². The SMILES string of the molecule is CCC1(CCNCCC(/C(CNC(=O)c2cccc(C)c2)=N/OC)c2ccc(Cl)c(Cl)c2)CN(S(C)(=O)=O)c2ccccc21. The quantitative estimate of drug-likeness (QED) is 0.120. The zero-order valence-electron chi connectivity index (χ0n) is 25.6. The van der Waals surface area contributed by atoms with E-state index < -0.39 is 10.0 Å². The molecule has 0 radical (unpaired) electrons. The summed E-state index contributed by atoms with van der Waals surface area (Å²) in [5, 5.41) is 11.7. The first-order chi connectivity index (χ1) is 21.0. The molecule has 1 amide bonds. The molecule has 2 unspecified atom stereocenters. The molecule has 1 aliphatic rings. The van der Waals surface area contributed by atoms with E-state index >= 15 is 0 Å². The molecule has 3 aromatic rings. The van der Waals surface area contributed by atoms with Crippen molar-refractivity contribution in [2.45, 2.75) is 44.4 Å². The highest BCUT2D eigenvalue weighted by atomic mass is 35.5. The molecule has 0 fully saturated rings. The standard InChI is InChI=1S/C33H40Cl2N4O4S/c1-5-33(22-39(44(4,41)42)31-12-7-6-11-27(31)33)16-18-36-17-15-26(24-13-14-28(34)29(35)20-24)30(38-43-3)21-37-32(40)25-10-8-9-23(2)19-25/h6-14,19-20,26,36H,5,15-18,21-22H2,1-4H3,(H,37,40)/b38-30+. The van der Waals surface area contributed by atoms with Crippen LogP contribution in [0.2, 0.25) is 10.0 Å². The smallest absolute Gasteiger partial charge is 0.251 e. The highest BCUT2D eigenvalue weighted by Crippen LogP contribution is 2.46. The molecule has 1 heterocycles. The first-order valence-electron chi connectivity index (χ1n) is 14.7. The number of carbonyl (C=O) groups is 1.